The predicted molar refractivity (Wildman–Crippen MR) is 76.7 cm³/mol. The number of hydrogen-bond acceptors (Lipinski definition) is 4. The first kappa shape index (κ1) is 15.3. The van der Waals surface area contributed by atoms with Gasteiger partial charge in [0.05, 0.1) is 6.10 Å². The second-order valence-corrected chi connectivity index (χ2v) is 7.56. The van der Waals surface area contributed by atoms with Crippen molar-refractivity contribution in [3.8, 4) is 0 Å². The van der Waals surface area contributed by atoms with E-state index in [2.05, 4.69) is 49.7 Å². The second-order valence-electron chi connectivity index (χ2n) is 5.68. The zero-order valence-corrected chi connectivity index (χ0v) is 12.5. The molecule has 1 aliphatic heterocycles. The third-order valence-electron chi connectivity index (χ3n) is 2.90. The summed E-state index contributed by atoms with van der Waals surface area (Å²) >= 11 is 2.05. The van der Waals surface area contributed by atoms with Crippen LogP contribution in [0.1, 0.15) is 27.7 Å². The number of rotatable bonds is 6. The van der Waals surface area contributed by atoms with Gasteiger partial charge in [-0.3, -0.25) is 4.90 Å². The van der Waals surface area contributed by atoms with Crippen LogP contribution in [-0.2, 0) is 0 Å². The highest BCUT2D eigenvalue weighted by Gasteiger charge is 2.23. The van der Waals surface area contributed by atoms with Crippen molar-refractivity contribution in [3.05, 3.63) is 0 Å². The van der Waals surface area contributed by atoms with E-state index in [1.54, 1.807) is 0 Å². The van der Waals surface area contributed by atoms with Crippen molar-refractivity contribution < 1.29 is 5.11 Å². The van der Waals surface area contributed by atoms with Gasteiger partial charge in [-0.05, 0) is 12.5 Å². The molecule has 0 aromatic rings. The molecule has 2 N–H and O–H groups in total. The molecule has 4 heteroatoms. The van der Waals surface area contributed by atoms with E-state index in [4.69, 9.17) is 0 Å². The quantitative estimate of drug-likeness (QED) is 0.757. The van der Waals surface area contributed by atoms with Crippen molar-refractivity contribution in [2.45, 2.75) is 44.3 Å². The van der Waals surface area contributed by atoms with E-state index < -0.39 is 0 Å². The maximum absolute atomic E-state index is 9.98. The number of thioether (sulfide) groups is 1. The van der Waals surface area contributed by atoms with Crippen LogP contribution in [0.15, 0.2) is 0 Å². The van der Waals surface area contributed by atoms with Gasteiger partial charge in [0, 0.05) is 36.7 Å². The van der Waals surface area contributed by atoms with Crippen LogP contribution in [0.3, 0.4) is 0 Å². The molecule has 0 aromatic carbocycles. The second kappa shape index (κ2) is 7.62. The fraction of sp³-hybridized carbons (Fsp3) is 1.00. The molecular formula is C13H28N2OS. The molecule has 3 unspecified atom stereocenters. The van der Waals surface area contributed by atoms with Crippen LogP contribution in [0.2, 0.25) is 0 Å². The molecule has 1 aliphatic rings. The first-order chi connectivity index (χ1) is 7.97. The van der Waals surface area contributed by atoms with Crippen molar-refractivity contribution in [1.82, 2.24) is 10.2 Å². The predicted octanol–water partition coefficient (Wildman–Crippen LogP) is 1.42. The van der Waals surface area contributed by atoms with Crippen LogP contribution in [-0.4, -0.2) is 59.3 Å². The Morgan fingerprint density at radius 3 is 2.35 bits per heavy atom. The standard InChI is InChI=1S/C13H28N2OS/c1-10(2)5-14-6-13(16)9-15-7-11(3)17-12(4)8-15/h10-14,16H,5-9H2,1-4H3. The van der Waals surface area contributed by atoms with E-state index in [0.29, 0.717) is 23.0 Å². The summed E-state index contributed by atoms with van der Waals surface area (Å²) in [6, 6.07) is 0. The van der Waals surface area contributed by atoms with Gasteiger partial charge in [-0.2, -0.15) is 11.8 Å². The Morgan fingerprint density at radius 2 is 1.82 bits per heavy atom. The van der Waals surface area contributed by atoms with Gasteiger partial charge in [0.25, 0.3) is 0 Å². The average molecular weight is 260 g/mol. The van der Waals surface area contributed by atoms with Gasteiger partial charge in [-0.1, -0.05) is 27.7 Å². The van der Waals surface area contributed by atoms with E-state index in [9.17, 15) is 5.11 Å². The third kappa shape index (κ3) is 6.65. The van der Waals surface area contributed by atoms with Crippen LogP contribution in [0, 0.1) is 5.92 Å². The highest BCUT2D eigenvalue weighted by atomic mass is 32.2. The molecule has 0 saturated carbocycles. The molecule has 0 radical (unpaired) electrons. The lowest BCUT2D eigenvalue weighted by Gasteiger charge is -2.35. The molecule has 0 aliphatic carbocycles. The zero-order chi connectivity index (χ0) is 12.8. The van der Waals surface area contributed by atoms with E-state index in [1.807, 2.05) is 0 Å². The molecule has 102 valence electrons. The Balaban J connectivity index is 2.18. The van der Waals surface area contributed by atoms with Crippen LogP contribution < -0.4 is 5.32 Å². The lowest BCUT2D eigenvalue weighted by molar-refractivity contribution is 0.110. The van der Waals surface area contributed by atoms with E-state index in [1.165, 1.54) is 0 Å². The average Bonchev–Trinajstić information content (AvgIpc) is 2.14. The monoisotopic (exact) mass is 260 g/mol. The van der Waals surface area contributed by atoms with Crippen LogP contribution in [0.5, 0.6) is 0 Å². The molecule has 1 heterocycles. The minimum absolute atomic E-state index is 0.240. The van der Waals surface area contributed by atoms with Gasteiger partial charge < -0.3 is 10.4 Å². The largest absolute Gasteiger partial charge is 0.390 e. The van der Waals surface area contributed by atoms with Gasteiger partial charge >= 0.3 is 0 Å². The Bertz CT molecular complexity index is 204. The highest BCUT2D eigenvalue weighted by molar-refractivity contribution is 8.00. The number of aliphatic hydroxyl groups is 1. The molecule has 1 rings (SSSR count). The minimum Gasteiger partial charge on any atom is -0.390 e. The van der Waals surface area contributed by atoms with Crippen LogP contribution in [0.4, 0.5) is 0 Å². The first-order valence-electron chi connectivity index (χ1n) is 6.74. The maximum Gasteiger partial charge on any atom is 0.0791 e. The number of aliphatic hydroxyl groups excluding tert-OH is 1. The lowest BCUT2D eigenvalue weighted by atomic mass is 10.2. The van der Waals surface area contributed by atoms with Gasteiger partial charge in [0.1, 0.15) is 0 Å². The van der Waals surface area contributed by atoms with Gasteiger partial charge in [-0.25, -0.2) is 0 Å². The number of nitrogens with zero attached hydrogens (tertiary/aromatic N) is 1. The summed E-state index contributed by atoms with van der Waals surface area (Å²) in [5.74, 6) is 0.647. The zero-order valence-electron chi connectivity index (χ0n) is 11.6. The molecule has 1 fully saturated rings. The molecule has 3 nitrogen and oxygen atoms in total. The van der Waals surface area contributed by atoms with Crippen molar-refractivity contribution in [2.24, 2.45) is 5.92 Å². The van der Waals surface area contributed by atoms with E-state index in [-0.39, 0.29) is 6.10 Å². The van der Waals surface area contributed by atoms with Gasteiger partial charge in [0.2, 0.25) is 0 Å². The van der Waals surface area contributed by atoms with E-state index in [0.717, 1.165) is 26.2 Å². The molecule has 17 heavy (non-hydrogen) atoms. The normalized spacial score (nSPS) is 28.6. The summed E-state index contributed by atoms with van der Waals surface area (Å²) in [4.78, 5) is 2.40. The van der Waals surface area contributed by atoms with Crippen molar-refractivity contribution >= 4 is 11.8 Å². The summed E-state index contributed by atoms with van der Waals surface area (Å²) in [5, 5.41) is 14.7. The SMILES string of the molecule is CC(C)CNCC(O)CN1CC(C)SC(C)C1. The summed E-state index contributed by atoms with van der Waals surface area (Å²) in [6.07, 6.45) is -0.240. The molecular weight excluding hydrogens is 232 g/mol. The Kier molecular flexibility index (Phi) is 6.85. The highest BCUT2D eigenvalue weighted by Crippen LogP contribution is 2.24. The number of hydrogen-bond donors (Lipinski definition) is 2. The topological polar surface area (TPSA) is 35.5 Å². The van der Waals surface area contributed by atoms with Crippen LogP contribution >= 0.6 is 11.8 Å². The van der Waals surface area contributed by atoms with E-state index >= 15 is 0 Å². The Hall–Kier alpha value is 0.230. The summed E-state index contributed by atoms with van der Waals surface area (Å²) in [5.41, 5.74) is 0. The van der Waals surface area contributed by atoms with Crippen molar-refractivity contribution in [2.75, 3.05) is 32.7 Å². The van der Waals surface area contributed by atoms with Crippen molar-refractivity contribution in [1.29, 1.82) is 0 Å². The van der Waals surface area contributed by atoms with Crippen LogP contribution in [0.25, 0.3) is 0 Å². The molecule has 0 amide bonds. The molecule has 0 bridgehead atoms. The number of nitrogens with one attached hydrogen (secondary N) is 1. The number of β-amino-alcohol motifs (C(OH)–C–C–N with tert-alkyl or cyclic N) is 1. The fourth-order valence-electron chi connectivity index (χ4n) is 2.33. The molecule has 0 aromatic heterocycles. The maximum atomic E-state index is 9.98. The Morgan fingerprint density at radius 1 is 1.24 bits per heavy atom. The molecule has 3 atom stereocenters. The first-order valence-corrected chi connectivity index (χ1v) is 7.68. The molecule has 1 saturated heterocycles. The third-order valence-corrected chi connectivity index (χ3v) is 4.12. The van der Waals surface area contributed by atoms with Gasteiger partial charge in [0.15, 0.2) is 0 Å². The summed E-state index contributed by atoms with van der Waals surface area (Å²) in [6.45, 7) is 13.6. The summed E-state index contributed by atoms with van der Waals surface area (Å²) < 4.78 is 0. The lowest BCUT2D eigenvalue weighted by Crippen LogP contribution is -2.46. The minimum atomic E-state index is -0.240. The Labute approximate surface area is 110 Å². The van der Waals surface area contributed by atoms with Gasteiger partial charge in [-0.15, -0.1) is 0 Å². The summed E-state index contributed by atoms with van der Waals surface area (Å²) in [7, 11) is 0. The fourth-order valence-corrected chi connectivity index (χ4v) is 3.72. The van der Waals surface area contributed by atoms with Crippen molar-refractivity contribution in [3.63, 3.8) is 0 Å². The smallest absolute Gasteiger partial charge is 0.0791 e. The molecule has 0 spiro atoms.